The molecule has 12 nitrogen and oxygen atoms in total. The maximum atomic E-state index is 15.7. The van der Waals surface area contributed by atoms with Gasteiger partial charge in [0.25, 0.3) is 0 Å². The number of fused-ring (bicyclic) bond motifs is 4. The molecule has 5 aromatic rings. The van der Waals surface area contributed by atoms with Crippen molar-refractivity contribution in [3.63, 3.8) is 0 Å². The summed E-state index contributed by atoms with van der Waals surface area (Å²) in [6.07, 6.45) is 1.08. The molecule has 3 heterocycles. The second kappa shape index (κ2) is 17.3. The third kappa shape index (κ3) is 7.48. The average molecular weight is 836 g/mol. The Morgan fingerprint density at radius 2 is 1.50 bits per heavy atom. The number of likely N-dealkylation sites (N-methyl/N-ethyl adjacent to an activating group) is 1. The van der Waals surface area contributed by atoms with Gasteiger partial charge in [0.1, 0.15) is 41.6 Å². The molecule has 3 N–H and O–H groups in total. The first-order chi connectivity index (χ1) is 30.2. The number of para-hydroxylation sites is 1. The van der Waals surface area contributed by atoms with E-state index in [1.165, 1.54) is 4.90 Å². The van der Waals surface area contributed by atoms with Gasteiger partial charge in [-0.3, -0.25) is 19.2 Å². The van der Waals surface area contributed by atoms with Crippen LogP contribution >= 0.6 is 0 Å². The number of hydrogen-bond acceptors (Lipinski definition) is 10. The molecule has 0 radical (unpaired) electrons. The lowest BCUT2D eigenvalue weighted by Gasteiger charge is -2.50. The first-order valence-electron chi connectivity index (χ1n) is 21.0. The number of nitrogens with one attached hydrogen (secondary N) is 1. The Morgan fingerprint density at radius 3 is 2.19 bits per heavy atom. The van der Waals surface area contributed by atoms with Gasteiger partial charge in [-0.1, -0.05) is 146 Å². The first-order valence-corrected chi connectivity index (χ1v) is 21.0. The van der Waals surface area contributed by atoms with E-state index in [1.807, 2.05) is 140 Å². The molecule has 2 bridgehead atoms. The monoisotopic (exact) mass is 835 g/mol. The van der Waals surface area contributed by atoms with Crippen LogP contribution in [0.1, 0.15) is 39.8 Å². The van der Waals surface area contributed by atoms with Crippen LogP contribution in [-0.2, 0) is 58.6 Å². The molecule has 3 saturated heterocycles. The smallest absolute Gasteiger partial charge is 0.327 e. The van der Waals surface area contributed by atoms with Crippen molar-refractivity contribution in [2.75, 3.05) is 20.2 Å². The number of aliphatic hydroxyl groups is 1. The number of ether oxygens (including phenoxy) is 3. The van der Waals surface area contributed by atoms with E-state index < -0.39 is 65.5 Å². The molecule has 2 amide bonds. The maximum absolute atomic E-state index is 15.7. The zero-order valence-electron chi connectivity index (χ0n) is 34.3. The van der Waals surface area contributed by atoms with Gasteiger partial charge < -0.3 is 34.6 Å². The summed E-state index contributed by atoms with van der Waals surface area (Å²) in [4.78, 5) is 52.6. The predicted molar refractivity (Wildman–Crippen MR) is 229 cm³/mol. The van der Waals surface area contributed by atoms with Gasteiger partial charge in [0.2, 0.25) is 17.6 Å². The van der Waals surface area contributed by atoms with Crippen LogP contribution in [0.2, 0.25) is 0 Å². The molecule has 4 aliphatic rings. The number of amides is 2. The van der Waals surface area contributed by atoms with Crippen molar-refractivity contribution in [2.45, 2.75) is 68.1 Å². The van der Waals surface area contributed by atoms with E-state index in [9.17, 15) is 19.8 Å². The van der Waals surface area contributed by atoms with Crippen LogP contribution in [0.5, 0.6) is 5.75 Å². The number of phenolic OH excluding ortho intramolecular Hbond substituents is 1. The van der Waals surface area contributed by atoms with Crippen LogP contribution in [0.3, 0.4) is 0 Å². The fourth-order valence-corrected chi connectivity index (χ4v) is 9.66. The van der Waals surface area contributed by atoms with Crippen LogP contribution in [0.4, 0.5) is 0 Å². The number of hydroxylamine groups is 2. The summed E-state index contributed by atoms with van der Waals surface area (Å²) in [5.74, 6) is -2.73. The summed E-state index contributed by atoms with van der Waals surface area (Å²) in [5.41, 5.74) is 3.22. The second-order valence-corrected chi connectivity index (χ2v) is 16.4. The number of allylic oxidation sites excluding steroid dienone is 1. The molecule has 7 atom stereocenters. The van der Waals surface area contributed by atoms with Crippen LogP contribution in [-0.4, -0.2) is 94.7 Å². The molecule has 318 valence electrons. The second-order valence-electron chi connectivity index (χ2n) is 16.4. The van der Waals surface area contributed by atoms with Crippen LogP contribution in [0, 0.1) is 5.41 Å². The topological polar surface area (TPSA) is 147 Å². The fourth-order valence-electron chi connectivity index (χ4n) is 9.66. The Hall–Kier alpha value is -6.15. The molecule has 1 saturated carbocycles. The van der Waals surface area contributed by atoms with Crippen LogP contribution < -0.4 is 5.32 Å². The summed E-state index contributed by atoms with van der Waals surface area (Å²) in [6.45, 7) is -0.150. The highest BCUT2D eigenvalue weighted by Gasteiger charge is 2.77. The van der Waals surface area contributed by atoms with Gasteiger partial charge in [0, 0.05) is 37.6 Å². The minimum absolute atomic E-state index is 0.00675. The van der Waals surface area contributed by atoms with Gasteiger partial charge in [0.05, 0.1) is 13.2 Å². The quantitative estimate of drug-likeness (QED) is 0.126. The molecule has 62 heavy (non-hydrogen) atoms. The van der Waals surface area contributed by atoms with Gasteiger partial charge in [0.15, 0.2) is 6.04 Å². The van der Waals surface area contributed by atoms with Gasteiger partial charge in [-0.2, -0.15) is 5.06 Å². The lowest BCUT2D eigenvalue weighted by molar-refractivity contribution is -0.214. The molecule has 1 aliphatic carbocycles. The van der Waals surface area contributed by atoms with Gasteiger partial charge >= 0.3 is 5.97 Å². The van der Waals surface area contributed by atoms with E-state index in [0.717, 1.165) is 33.4 Å². The summed E-state index contributed by atoms with van der Waals surface area (Å²) in [7, 11) is 1.59. The van der Waals surface area contributed by atoms with Gasteiger partial charge in [-0.05, 0) is 34.7 Å². The van der Waals surface area contributed by atoms with Crippen LogP contribution in [0.25, 0.3) is 6.08 Å². The molecule has 3 aliphatic heterocycles. The number of benzene rings is 5. The van der Waals surface area contributed by atoms with Crippen molar-refractivity contribution in [3.8, 4) is 5.75 Å². The highest BCUT2D eigenvalue weighted by atomic mass is 16.8. The molecule has 4 fully saturated rings. The number of carbonyl (C=O) groups excluding carboxylic acids is 3. The van der Waals surface area contributed by atoms with Crippen molar-refractivity contribution in [1.29, 1.82) is 0 Å². The molecule has 0 spiro atoms. The lowest BCUT2D eigenvalue weighted by Crippen LogP contribution is -2.70. The number of aromatic hydroxyl groups is 1. The van der Waals surface area contributed by atoms with Crippen LogP contribution in [0.15, 0.2) is 146 Å². The Labute approximate surface area is 360 Å². The highest BCUT2D eigenvalue weighted by molar-refractivity contribution is 5.96. The van der Waals surface area contributed by atoms with Crippen molar-refractivity contribution < 1.29 is 43.6 Å². The van der Waals surface area contributed by atoms with E-state index >= 15 is 4.79 Å². The van der Waals surface area contributed by atoms with Crippen molar-refractivity contribution in [1.82, 2.24) is 15.3 Å². The first kappa shape index (κ1) is 41.2. The Morgan fingerprint density at radius 1 is 0.855 bits per heavy atom. The molecular formula is C50H49N3O9. The zero-order valence-corrected chi connectivity index (χ0v) is 34.3. The molecular weight excluding hydrogens is 787 g/mol. The standard InChI is InChI=1S/C50H49N3O9/c1-52(39(46(56)51-27-28-54)30-34-15-5-2-6-16-34)48(58)49-31-41-42-43(61-50(60-42,37-22-7-3-8-23-37)38-24-9-4-10-25-38)45(49)62-53(44(49)47(57)59-41)32-35-19-13-17-33(29-35)18-14-21-36-20-11-12-26-40(36)55/h2-20,22-26,29,39,41-45,54-55H,21,27-28,30-32H2,1H3,(H,51,56)/t39-,41-,42+,43+,44+,45-,49+/m1/s1. The minimum atomic E-state index is -1.57. The molecule has 0 unspecified atom stereocenters. The average Bonchev–Trinajstić information content (AvgIpc) is 3.88. The summed E-state index contributed by atoms with van der Waals surface area (Å²) >= 11 is 0. The minimum Gasteiger partial charge on any atom is -0.508 e. The van der Waals surface area contributed by atoms with E-state index in [2.05, 4.69) is 5.32 Å². The predicted octanol–water partition coefficient (Wildman–Crippen LogP) is 5.31. The van der Waals surface area contributed by atoms with E-state index in [4.69, 9.17) is 19.0 Å². The number of rotatable bonds is 14. The molecule has 9 rings (SSSR count). The third-order valence-electron chi connectivity index (χ3n) is 12.6. The fraction of sp³-hybridized carbons (Fsp3) is 0.300. The largest absolute Gasteiger partial charge is 0.508 e. The van der Waals surface area contributed by atoms with Crippen molar-refractivity contribution in [2.24, 2.45) is 5.41 Å². The van der Waals surface area contributed by atoms with Crippen molar-refractivity contribution in [3.05, 3.63) is 179 Å². The SMILES string of the molecule is CN(C(=O)[C@@]12C[C@H]3OC(=O)[C@@H]1N(Cc1cccc(C=CCc4ccccc4O)c1)O[C@@H]2[C@H]1OC(c2ccccc2)(c2ccccc2)O[C@H]13)[C@H](Cc1ccccc1)C(=O)NCCO. The number of aliphatic hydroxyl groups excluding tert-OH is 1. The maximum Gasteiger partial charge on any atom is 0.327 e. The number of phenols is 1. The molecule has 0 aromatic heterocycles. The zero-order chi connectivity index (χ0) is 42.8. The number of esters is 1. The van der Waals surface area contributed by atoms with E-state index in [1.54, 1.807) is 24.2 Å². The molecule has 5 aromatic carbocycles. The number of hydrogen-bond donors (Lipinski definition) is 3. The van der Waals surface area contributed by atoms with E-state index in [0.29, 0.717) is 6.42 Å². The molecule has 12 heteroatoms. The van der Waals surface area contributed by atoms with Crippen molar-refractivity contribution >= 4 is 23.9 Å². The number of carbonyl (C=O) groups is 3. The Bertz CT molecular complexity index is 2390. The van der Waals surface area contributed by atoms with Gasteiger partial charge in [-0.25, -0.2) is 0 Å². The lowest BCUT2D eigenvalue weighted by atomic mass is 9.62. The summed E-state index contributed by atoms with van der Waals surface area (Å²) in [6, 6.07) is 41.3. The highest BCUT2D eigenvalue weighted by Crippen LogP contribution is 2.59. The summed E-state index contributed by atoms with van der Waals surface area (Å²) in [5, 5.41) is 24.2. The Balaban J connectivity index is 1.10. The Kier molecular flexibility index (Phi) is 11.5. The number of nitrogens with zero attached hydrogens (tertiary/aromatic N) is 2. The van der Waals surface area contributed by atoms with Gasteiger partial charge in [-0.15, -0.1) is 0 Å². The third-order valence-corrected chi connectivity index (χ3v) is 12.6. The van der Waals surface area contributed by atoms with E-state index in [-0.39, 0.29) is 38.3 Å². The summed E-state index contributed by atoms with van der Waals surface area (Å²) < 4.78 is 20.5. The normalized spacial score (nSPS) is 25.2.